The maximum absolute atomic E-state index is 13.3. The molecule has 0 atom stereocenters. The van der Waals surface area contributed by atoms with Gasteiger partial charge in [-0.05, 0) is 55.8 Å². The number of carbonyl (C=O) groups is 1. The first-order valence-corrected chi connectivity index (χ1v) is 10.9. The summed E-state index contributed by atoms with van der Waals surface area (Å²) in [6.45, 7) is 3.32. The number of sulfonamides is 1. The summed E-state index contributed by atoms with van der Waals surface area (Å²) in [4.78, 5) is 12.4. The van der Waals surface area contributed by atoms with E-state index in [2.05, 4.69) is 10.5 Å². The molecule has 31 heavy (non-hydrogen) atoms. The molecule has 0 aliphatic rings. The average molecular weight is 440 g/mol. The number of aryl methyl sites for hydroxylation is 2. The van der Waals surface area contributed by atoms with Crippen LogP contribution in [0.4, 0.5) is 10.1 Å². The second kappa shape index (κ2) is 9.53. The zero-order chi connectivity index (χ0) is 22.4. The number of nitrogens with one attached hydrogen (secondary N) is 1. The van der Waals surface area contributed by atoms with Gasteiger partial charge in [-0.25, -0.2) is 18.2 Å². The molecule has 0 saturated heterocycles. The minimum Gasteiger partial charge on any atom is -0.271 e. The van der Waals surface area contributed by atoms with Crippen LogP contribution in [0.1, 0.15) is 16.7 Å². The van der Waals surface area contributed by atoms with Crippen LogP contribution >= 0.6 is 0 Å². The van der Waals surface area contributed by atoms with E-state index >= 15 is 0 Å². The van der Waals surface area contributed by atoms with Gasteiger partial charge in [-0.2, -0.15) is 5.10 Å². The van der Waals surface area contributed by atoms with Gasteiger partial charge < -0.3 is 0 Å². The van der Waals surface area contributed by atoms with Crippen molar-refractivity contribution >= 4 is 27.8 Å². The number of halogens is 1. The number of benzene rings is 3. The second-order valence-corrected chi connectivity index (χ2v) is 8.87. The van der Waals surface area contributed by atoms with E-state index in [9.17, 15) is 17.6 Å². The molecule has 0 radical (unpaired) electrons. The van der Waals surface area contributed by atoms with E-state index in [1.54, 1.807) is 24.3 Å². The van der Waals surface area contributed by atoms with Crippen molar-refractivity contribution < 1.29 is 17.6 Å². The zero-order valence-corrected chi connectivity index (χ0v) is 17.9. The van der Waals surface area contributed by atoms with Crippen LogP contribution in [0.15, 0.2) is 82.8 Å². The molecule has 0 aliphatic heterocycles. The van der Waals surface area contributed by atoms with Crippen LogP contribution < -0.4 is 9.73 Å². The van der Waals surface area contributed by atoms with Crippen molar-refractivity contribution in [3.63, 3.8) is 0 Å². The van der Waals surface area contributed by atoms with E-state index in [-0.39, 0.29) is 4.90 Å². The Hall–Kier alpha value is -3.52. The first kappa shape index (κ1) is 22.2. The van der Waals surface area contributed by atoms with Gasteiger partial charge in [-0.1, -0.05) is 47.5 Å². The first-order valence-electron chi connectivity index (χ1n) is 9.49. The summed E-state index contributed by atoms with van der Waals surface area (Å²) in [5, 5.41) is 3.91. The first-order chi connectivity index (χ1) is 14.8. The third-order valence-corrected chi connectivity index (χ3v) is 6.24. The Kier molecular flexibility index (Phi) is 6.81. The summed E-state index contributed by atoms with van der Waals surface area (Å²) in [6, 6.07) is 18.7. The van der Waals surface area contributed by atoms with Crippen molar-refractivity contribution in [3.05, 3.63) is 95.3 Å². The van der Waals surface area contributed by atoms with Crippen LogP contribution in [0.2, 0.25) is 0 Å². The summed E-state index contributed by atoms with van der Waals surface area (Å²) in [5.74, 6) is -1.17. The molecule has 1 amide bonds. The number of amides is 1. The number of hydrogen-bond donors (Lipinski definition) is 1. The normalized spacial score (nSPS) is 11.5. The lowest BCUT2D eigenvalue weighted by atomic mass is 10.2. The molecule has 0 aliphatic carbocycles. The van der Waals surface area contributed by atoms with Crippen molar-refractivity contribution in [2.24, 2.45) is 5.10 Å². The van der Waals surface area contributed by atoms with Gasteiger partial charge >= 0.3 is 0 Å². The van der Waals surface area contributed by atoms with Crippen LogP contribution in [-0.2, 0) is 14.8 Å². The number of nitrogens with zero attached hydrogens (tertiary/aromatic N) is 2. The lowest BCUT2D eigenvalue weighted by Crippen LogP contribution is -2.39. The Morgan fingerprint density at radius 2 is 1.68 bits per heavy atom. The van der Waals surface area contributed by atoms with Crippen molar-refractivity contribution in [2.75, 3.05) is 10.8 Å². The standard InChI is InChI=1S/C23H22FN3O3S/c1-17-6-10-21(11-7-17)27(31(29,30)22-12-8-20(24)9-13-22)16-23(28)26-25-15-19-5-3-4-18(2)14-19/h3-15H,16H2,1-2H3,(H,26,28)/b25-15+. The SMILES string of the molecule is Cc1ccc(N(CC(=O)N/N=C/c2cccc(C)c2)S(=O)(=O)c2ccc(F)cc2)cc1. The molecule has 3 aromatic carbocycles. The summed E-state index contributed by atoms with van der Waals surface area (Å²) < 4.78 is 40.6. The van der Waals surface area contributed by atoms with Gasteiger partial charge in [0.05, 0.1) is 16.8 Å². The van der Waals surface area contributed by atoms with E-state index in [1.165, 1.54) is 18.3 Å². The fraction of sp³-hybridized carbons (Fsp3) is 0.130. The molecule has 0 fully saturated rings. The molecule has 0 unspecified atom stereocenters. The molecule has 0 spiro atoms. The van der Waals surface area contributed by atoms with Gasteiger partial charge in [-0.15, -0.1) is 0 Å². The molecule has 0 heterocycles. The predicted octanol–water partition coefficient (Wildman–Crippen LogP) is 3.79. The number of carbonyl (C=O) groups excluding carboxylic acids is 1. The highest BCUT2D eigenvalue weighted by Gasteiger charge is 2.27. The number of hydrogen-bond acceptors (Lipinski definition) is 4. The van der Waals surface area contributed by atoms with Crippen molar-refractivity contribution in [1.82, 2.24) is 5.43 Å². The number of anilines is 1. The highest BCUT2D eigenvalue weighted by molar-refractivity contribution is 7.92. The maximum atomic E-state index is 13.3. The average Bonchev–Trinajstić information content (AvgIpc) is 2.73. The van der Waals surface area contributed by atoms with Crippen LogP contribution in [0.3, 0.4) is 0 Å². The van der Waals surface area contributed by atoms with Crippen LogP contribution in [-0.4, -0.2) is 27.1 Å². The lowest BCUT2D eigenvalue weighted by molar-refractivity contribution is -0.119. The Morgan fingerprint density at radius 1 is 1.00 bits per heavy atom. The third-order valence-electron chi connectivity index (χ3n) is 4.46. The molecule has 0 bridgehead atoms. The molecular formula is C23H22FN3O3S. The van der Waals surface area contributed by atoms with E-state index in [0.29, 0.717) is 5.69 Å². The fourth-order valence-corrected chi connectivity index (χ4v) is 4.28. The van der Waals surface area contributed by atoms with Crippen LogP contribution in [0, 0.1) is 19.7 Å². The largest absolute Gasteiger partial charge is 0.271 e. The Labute approximate surface area is 181 Å². The van der Waals surface area contributed by atoms with Gasteiger partial charge in [0.2, 0.25) is 0 Å². The van der Waals surface area contributed by atoms with Gasteiger partial charge in [0.1, 0.15) is 12.4 Å². The Bertz CT molecular complexity index is 1190. The van der Waals surface area contributed by atoms with Crippen molar-refractivity contribution in [2.45, 2.75) is 18.7 Å². The Balaban J connectivity index is 1.83. The van der Waals surface area contributed by atoms with E-state index < -0.39 is 28.3 Å². The van der Waals surface area contributed by atoms with Crippen LogP contribution in [0.5, 0.6) is 0 Å². The predicted molar refractivity (Wildman–Crippen MR) is 119 cm³/mol. The molecule has 160 valence electrons. The van der Waals surface area contributed by atoms with Crippen LogP contribution in [0.25, 0.3) is 0 Å². The smallest absolute Gasteiger partial charge is 0.264 e. The Morgan fingerprint density at radius 3 is 2.32 bits per heavy atom. The zero-order valence-electron chi connectivity index (χ0n) is 17.1. The molecule has 3 aromatic rings. The van der Waals surface area contributed by atoms with Crippen molar-refractivity contribution in [1.29, 1.82) is 0 Å². The fourth-order valence-electron chi connectivity index (χ4n) is 2.85. The quantitative estimate of drug-likeness (QED) is 0.449. The van der Waals surface area contributed by atoms with E-state index in [1.807, 2.05) is 38.1 Å². The minimum atomic E-state index is -4.11. The molecule has 3 rings (SSSR count). The molecule has 0 saturated carbocycles. The van der Waals surface area contributed by atoms with E-state index in [4.69, 9.17) is 0 Å². The summed E-state index contributed by atoms with van der Waals surface area (Å²) in [6.07, 6.45) is 1.48. The summed E-state index contributed by atoms with van der Waals surface area (Å²) in [5.41, 5.74) is 5.46. The highest BCUT2D eigenvalue weighted by atomic mass is 32.2. The van der Waals surface area contributed by atoms with Gasteiger partial charge in [-0.3, -0.25) is 9.10 Å². The van der Waals surface area contributed by atoms with Gasteiger partial charge in [0.15, 0.2) is 0 Å². The molecule has 6 nitrogen and oxygen atoms in total. The highest BCUT2D eigenvalue weighted by Crippen LogP contribution is 2.24. The van der Waals surface area contributed by atoms with Gasteiger partial charge in [0, 0.05) is 0 Å². The number of hydrazone groups is 1. The van der Waals surface area contributed by atoms with Gasteiger partial charge in [0.25, 0.3) is 15.9 Å². The second-order valence-electron chi connectivity index (χ2n) is 7.01. The monoisotopic (exact) mass is 439 g/mol. The summed E-state index contributed by atoms with van der Waals surface area (Å²) in [7, 11) is -4.11. The third kappa shape index (κ3) is 5.76. The molecule has 1 N–H and O–H groups in total. The topological polar surface area (TPSA) is 78.8 Å². The maximum Gasteiger partial charge on any atom is 0.264 e. The minimum absolute atomic E-state index is 0.120. The number of rotatable bonds is 7. The molecule has 0 aromatic heterocycles. The summed E-state index contributed by atoms with van der Waals surface area (Å²) >= 11 is 0. The lowest BCUT2D eigenvalue weighted by Gasteiger charge is -2.23. The van der Waals surface area contributed by atoms with Crippen molar-refractivity contribution in [3.8, 4) is 0 Å². The molecular weight excluding hydrogens is 417 g/mol. The van der Waals surface area contributed by atoms with E-state index in [0.717, 1.165) is 33.1 Å². The molecule has 8 heteroatoms.